The molecular formula is C40H38F3N5O4. The minimum atomic E-state index is -0.950. The van der Waals surface area contributed by atoms with Gasteiger partial charge in [-0.3, -0.25) is 19.5 Å². The summed E-state index contributed by atoms with van der Waals surface area (Å²) in [6.45, 7) is 3.08. The number of amides is 1. The Labute approximate surface area is 298 Å². The first-order valence-electron chi connectivity index (χ1n) is 17.4. The SMILES string of the molecule is C[C@@H](c1ccc2c(c1N)Cc1ccccc1-2)c1ncccc1F.O=C(N[C@H]1CCN(C2CCC2)C[C@@H]1C(=O)O)c1cc(-c2ccc(F)cc2F)on1. The van der Waals surface area contributed by atoms with Crippen molar-refractivity contribution < 1.29 is 32.4 Å². The van der Waals surface area contributed by atoms with Crippen molar-refractivity contribution in [3.63, 3.8) is 0 Å². The average molecular weight is 710 g/mol. The number of hydrogen-bond acceptors (Lipinski definition) is 7. The topological polar surface area (TPSA) is 135 Å². The number of likely N-dealkylation sites (tertiary alicyclic amines) is 1. The van der Waals surface area contributed by atoms with Crippen molar-refractivity contribution in [1.29, 1.82) is 0 Å². The number of nitrogen functional groups attached to an aromatic ring is 1. The Morgan fingerprint density at radius 2 is 1.75 bits per heavy atom. The summed E-state index contributed by atoms with van der Waals surface area (Å²) in [5, 5.41) is 16.0. The highest BCUT2D eigenvalue weighted by atomic mass is 19.1. The quantitative estimate of drug-likeness (QED) is 0.148. The number of carbonyl (C=O) groups is 2. The predicted molar refractivity (Wildman–Crippen MR) is 189 cm³/mol. The number of hydrogen-bond donors (Lipinski definition) is 3. The van der Waals surface area contributed by atoms with E-state index in [9.17, 15) is 27.9 Å². The van der Waals surface area contributed by atoms with Crippen LogP contribution in [0.1, 0.15) is 71.4 Å². The highest BCUT2D eigenvalue weighted by Crippen LogP contribution is 2.43. The lowest BCUT2D eigenvalue weighted by Gasteiger charge is -2.44. The van der Waals surface area contributed by atoms with Gasteiger partial charge in [0.25, 0.3) is 5.91 Å². The number of nitrogens with zero attached hydrogens (tertiary/aromatic N) is 3. The van der Waals surface area contributed by atoms with E-state index < -0.39 is 35.5 Å². The predicted octanol–water partition coefficient (Wildman–Crippen LogP) is 7.20. The van der Waals surface area contributed by atoms with E-state index in [0.29, 0.717) is 30.8 Å². The van der Waals surface area contributed by atoms with Crippen LogP contribution in [-0.4, -0.2) is 57.2 Å². The van der Waals surface area contributed by atoms with Gasteiger partial charge in [-0.05, 0) is 71.3 Å². The van der Waals surface area contributed by atoms with Gasteiger partial charge in [0.05, 0.1) is 17.2 Å². The molecule has 0 bridgehead atoms. The Morgan fingerprint density at radius 3 is 2.48 bits per heavy atom. The first kappa shape index (κ1) is 34.9. The van der Waals surface area contributed by atoms with Crippen molar-refractivity contribution in [3.8, 4) is 22.5 Å². The van der Waals surface area contributed by atoms with Crippen LogP contribution >= 0.6 is 0 Å². The Hall–Kier alpha value is -5.49. The van der Waals surface area contributed by atoms with Gasteiger partial charge in [0.1, 0.15) is 17.5 Å². The number of nitrogens with two attached hydrogens (primary N) is 1. The third-order valence-electron chi connectivity index (χ3n) is 10.5. The van der Waals surface area contributed by atoms with E-state index in [-0.39, 0.29) is 28.8 Å². The van der Waals surface area contributed by atoms with Crippen LogP contribution in [0.4, 0.5) is 18.9 Å². The number of piperidine rings is 1. The normalized spacial score (nSPS) is 18.7. The zero-order valence-corrected chi connectivity index (χ0v) is 28.5. The van der Waals surface area contributed by atoms with Crippen molar-refractivity contribution >= 4 is 17.6 Å². The van der Waals surface area contributed by atoms with Crippen LogP contribution in [0.25, 0.3) is 22.5 Å². The summed E-state index contributed by atoms with van der Waals surface area (Å²) in [6.07, 6.45) is 6.33. The van der Waals surface area contributed by atoms with E-state index in [0.717, 1.165) is 48.7 Å². The largest absolute Gasteiger partial charge is 0.481 e. The summed E-state index contributed by atoms with van der Waals surface area (Å²) < 4.78 is 46.0. The van der Waals surface area contributed by atoms with Gasteiger partial charge in [0.2, 0.25) is 0 Å². The first-order chi connectivity index (χ1) is 25.1. The van der Waals surface area contributed by atoms with E-state index in [1.165, 1.54) is 41.3 Å². The summed E-state index contributed by atoms with van der Waals surface area (Å²) in [5.41, 5.74) is 13.4. The van der Waals surface area contributed by atoms with Gasteiger partial charge in [-0.1, -0.05) is 54.9 Å². The molecule has 0 unspecified atom stereocenters. The molecule has 12 heteroatoms. The number of pyridine rings is 1. The minimum absolute atomic E-state index is 0.0118. The zero-order chi connectivity index (χ0) is 36.5. The Bertz CT molecular complexity index is 2130. The minimum Gasteiger partial charge on any atom is -0.481 e. The standard InChI is InChI=1S/C20H21F2N3O4.C20H17FN2/c21-11-4-5-13(15(22)8-11)18-9-17(24-29-18)19(26)23-16-6-7-25(12-2-1-3-12)10-14(16)20(27)28;1-12(20-18(21)7-4-10-23-20)14-8-9-16-15-6-3-2-5-13(15)11-17(16)19(14)22/h4-5,8-9,12,14,16H,1-3,6-7,10H2,(H,23,26)(H,27,28);2-10,12H,11,22H2,1H3/t14-,16-;12-/m00/s1. The molecule has 3 aromatic carbocycles. The van der Waals surface area contributed by atoms with Crippen LogP contribution in [0.5, 0.6) is 0 Å². The summed E-state index contributed by atoms with van der Waals surface area (Å²) in [4.78, 5) is 30.7. The molecule has 2 aliphatic carbocycles. The molecule has 3 aliphatic rings. The van der Waals surface area contributed by atoms with Crippen molar-refractivity contribution in [1.82, 2.24) is 20.4 Å². The lowest BCUT2D eigenvalue weighted by atomic mass is 9.85. The molecule has 3 atom stereocenters. The number of halogens is 3. The zero-order valence-electron chi connectivity index (χ0n) is 28.5. The smallest absolute Gasteiger partial charge is 0.309 e. The number of rotatable bonds is 7. The number of carbonyl (C=O) groups excluding carboxylic acids is 1. The molecule has 0 radical (unpaired) electrons. The van der Waals surface area contributed by atoms with Crippen LogP contribution in [-0.2, 0) is 11.2 Å². The van der Waals surface area contributed by atoms with E-state index in [4.69, 9.17) is 10.3 Å². The van der Waals surface area contributed by atoms with E-state index in [2.05, 4.69) is 38.6 Å². The molecule has 1 aliphatic heterocycles. The maximum atomic E-state index is 14.0. The maximum absolute atomic E-state index is 14.0. The molecule has 3 heterocycles. The number of benzene rings is 3. The van der Waals surface area contributed by atoms with Gasteiger partial charge in [-0.15, -0.1) is 0 Å². The number of carboxylic acid groups (broad SMARTS) is 1. The maximum Gasteiger partial charge on any atom is 0.309 e. The summed E-state index contributed by atoms with van der Waals surface area (Å²) in [7, 11) is 0. The number of aliphatic carboxylic acids is 1. The molecule has 2 aromatic heterocycles. The van der Waals surface area contributed by atoms with Gasteiger partial charge in [-0.25, -0.2) is 13.2 Å². The van der Waals surface area contributed by atoms with Gasteiger partial charge in [0, 0.05) is 61.5 Å². The van der Waals surface area contributed by atoms with Crippen LogP contribution in [0.15, 0.2) is 83.5 Å². The molecule has 2 fully saturated rings. The molecule has 4 N–H and O–H groups in total. The molecule has 1 saturated heterocycles. The second-order valence-electron chi connectivity index (χ2n) is 13.6. The summed E-state index contributed by atoms with van der Waals surface area (Å²) >= 11 is 0. The Balaban J connectivity index is 0.000000166. The highest BCUT2D eigenvalue weighted by Gasteiger charge is 2.39. The molecule has 0 spiro atoms. The highest BCUT2D eigenvalue weighted by molar-refractivity contribution is 5.93. The van der Waals surface area contributed by atoms with Crippen LogP contribution in [0.2, 0.25) is 0 Å². The summed E-state index contributed by atoms with van der Waals surface area (Å²) in [5.74, 6) is -4.28. The van der Waals surface area contributed by atoms with Gasteiger partial charge >= 0.3 is 5.97 Å². The molecule has 1 amide bonds. The molecule has 9 nitrogen and oxygen atoms in total. The fourth-order valence-electron chi connectivity index (χ4n) is 7.42. The first-order valence-corrected chi connectivity index (χ1v) is 17.4. The summed E-state index contributed by atoms with van der Waals surface area (Å²) in [6, 6.07) is 19.7. The number of anilines is 1. The Morgan fingerprint density at radius 1 is 0.962 bits per heavy atom. The van der Waals surface area contributed by atoms with E-state index in [1.54, 1.807) is 12.3 Å². The molecular weight excluding hydrogens is 671 g/mol. The molecule has 1 saturated carbocycles. The average Bonchev–Trinajstić information content (AvgIpc) is 3.75. The van der Waals surface area contributed by atoms with Gasteiger partial charge in [0.15, 0.2) is 11.5 Å². The lowest BCUT2D eigenvalue weighted by Crippen LogP contribution is -2.56. The molecule has 268 valence electrons. The number of carboxylic acids is 1. The molecule has 52 heavy (non-hydrogen) atoms. The van der Waals surface area contributed by atoms with Crippen molar-refractivity contribution in [2.75, 3.05) is 18.8 Å². The molecule has 8 rings (SSSR count). The van der Waals surface area contributed by atoms with Crippen LogP contribution in [0.3, 0.4) is 0 Å². The fraction of sp³-hybridized carbons (Fsp3) is 0.300. The number of aromatic nitrogens is 2. The lowest BCUT2D eigenvalue weighted by molar-refractivity contribution is -0.145. The van der Waals surface area contributed by atoms with Crippen LogP contribution in [0, 0.1) is 23.4 Å². The number of nitrogens with one attached hydrogen (secondary N) is 1. The monoisotopic (exact) mass is 709 g/mol. The van der Waals surface area contributed by atoms with Crippen LogP contribution < -0.4 is 11.1 Å². The van der Waals surface area contributed by atoms with Gasteiger partial charge in [-0.2, -0.15) is 0 Å². The Kier molecular flexibility index (Phi) is 9.83. The third-order valence-corrected chi connectivity index (χ3v) is 10.5. The second kappa shape index (κ2) is 14.6. The van der Waals surface area contributed by atoms with E-state index in [1.807, 2.05) is 25.1 Å². The van der Waals surface area contributed by atoms with Crippen molar-refractivity contribution in [3.05, 3.63) is 125 Å². The second-order valence-corrected chi connectivity index (χ2v) is 13.6. The van der Waals surface area contributed by atoms with Crippen molar-refractivity contribution in [2.45, 2.75) is 57.0 Å². The third kappa shape index (κ3) is 6.90. The molecule has 5 aromatic rings. The fourth-order valence-corrected chi connectivity index (χ4v) is 7.42. The van der Waals surface area contributed by atoms with Crippen molar-refractivity contribution in [2.24, 2.45) is 5.92 Å². The number of fused-ring (bicyclic) bond motifs is 3. The van der Waals surface area contributed by atoms with Gasteiger partial charge < -0.3 is 20.7 Å². The van der Waals surface area contributed by atoms with E-state index >= 15 is 0 Å².